The van der Waals surface area contributed by atoms with Crippen LogP contribution in [-0.2, 0) is 4.79 Å². The Morgan fingerprint density at radius 2 is 2.10 bits per heavy atom. The number of carbonyl (C=O) groups excluding carboxylic acids is 1. The molecule has 0 saturated carbocycles. The molecule has 0 spiro atoms. The highest BCUT2D eigenvalue weighted by Crippen LogP contribution is 2.22. The Bertz CT molecular complexity index is 532. The summed E-state index contributed by atoms with van der Waals surface area (Å²) >= 11 is 0. The van der Waals surface area contributed by atoms with Crippen LogP contribution in [0.4, 0.5) is 10.5 Å². The number of nitrogens with zero attached hydrogens (tertiary/aromatic N) is 2. The number of urea groups is 1. The van der Waals surface area contributed by atoms with E-state index in [9.17, 15) is 14.7 Å². The maximum absolute atomic E-state index is 12.4. The van der Waals surface area contributed by atoms with Gasteiger partial charge in [-0.3, -0.25) is 4.90 Å². The van der Waals surface area contributed by atoms with E-state index < -0.39 is 24.1 Å². The predicted molar refractivity (Wildman–Crippen MR) is 73.7 cm³/mol. The lowest BCUT2D eigenvalue weighted by atomic mass is 10.2. The van der Waals surface area contributed by atoms with Crippen LogP contribution >= 0.6 is 0 Å². The zero-order chi connectivity index (χ0) is 14.9. The molecule has 2 amide bonds. The largest absolute Gasteiger partial charge is 0.480 e. The number of carboxylic acid groups (broad SMARTS) is 1. The average Bonchev–Trinajstić information content (AvgIpc) is 2.79. The Kier molecular flexibility index (Phi) is 3.94. The Morgan fingerprint density at radius 1 is 1.40 bits per heavy atom. The zero-order valence-corrected chi connectivity index (χ0v) is 11.5. The zero-order valence-electron chi connectivity index (χ0n) is 11.5. The van der Waals surface area contributed by atoms with Crippen LogP contribution in [0.2, 0.25) is 0 Å². The Hall–Kier alpha value is -2.08. The van der Waals surface area contributed by atoms with E-state index in [-0.39, 0.29) is 13.0 Å². The SMILES string of the molecule is Cc1cccc(N(C)C(=O)N2C[C@H](O)C[C@H]2C(=O)O)c1. The van der Waals surface area contributed by atoms with Crippen LogP contribution in [0.25, 0.3) is 0 Å². The minimum atomic E-state index is -1.09. The summed E-state index contributed by atoms with van der Waals surface area (Å²) in [5.41, 5.74) is 1.71. The standard InChI is InChI=1S/C14H18N2O4/c1-9-4-3-5-10(6-9)15(2)14(20)16-8-11(17)7-12(16)13(18)19/h3-6,11-12,17H,7-8H2,1-2H3,(H,18,19)/t11-,12+/m1/s1. The van der Waals surface area contributed by atoms with Crippen LogP contribution in [0.15, 0.2) is 24.3 Å². The Morgan fingerprint density at radius 3 is 2.70 bits per heavy atom. The molecule has 1 aliphatic heterocycles. The number of hydrogen-bond donors (Lipinski definition) is 2. The van der Waals surface area contributed by atoms with Crippen LogP contribution in [0, 0.1) is 6.92 Å². The van der Waals surface area contributed by atoms with Crippen LogP contribution in [0.3, 0.4) is 0 Å². The number of rotatable bonds is 2. The normalized spacial score (nSPS) is 21.9. The predicted octanol–water partition coefficient (Wildman–Crippen LogP) is 1.07. The molecule has 0 aliphatic carbocycles. The number of aliphatic hydroxyl groups is 1. The van der Waals surface area contributed by atoms with Crippen molar-refractivity contribution in [1.29, 1.82) is 0 Å². The third kappa shape index (κ3) is 2.75. The molecule has 0 unspecified atom stereocenters. The molecule has 2 N–H and O–H groups in total. The average molecular weight is 278 g/mol. The lowest BCUT2D eigenvalue weighted by Gasteiger charge is -2.27. The van der Waals surface area contributed by atoms with Gasteiger partial charge in [0.25, 0.3) is 0 Å². The number of aliphatic hydroxyl groups excluding tert-OH is 1. The van der Waals surface area contributed by atoms with E-state index in [0.717, 1.165) is 5.56 Å². The third-order valence-corrected chi connectivity index (χ3v) is 3.49. The van der Waals surface area contributed by atoms with Gasteiger partial charge in [-0.2, -0.15) is 0 Å². The second kappa shape index (κ2) is 5.50. The summed E-state index contributed by atoms with van der Waals surface area (Å²) in [6.45, 7) is 1.97. The van der Waals surface area contributed by atoms with Gasteiger partial charge in [0, 0.05) is 25.7 Å². The molecule has 0 bridgehead atoms. The fourth-order valence-electron chi connectivity index (χ4n) is 2.40. The summed E-state index contributed by atoms with van der Waals surface area (Å²) in [5.74, 6) is -1.09. The first-order valence-corrected chi connectivity index (χ1v) is 6.42. The highest BCUT2D eigenvalue weighted by atomic mass is 16.4. The van der Waals surface area contributed by atoms with Gasteiger partial charge in [-0.05, 0) is 24.6 Å². The van der Waals surface area contributed by atoms with Crippen molar-refractivity contribution in [2.24, 2.45) is 0 Å². The number of anilines is 1. The minimum absolute atomic E-state index is 0.0476. The van der Waals surface area contributed by atoms with Gasteiger partial charge >= 0.3 is 12.0 Å². The molecule has 2 rings (SSSR count). The van der Waals surface area contributed by atoms with E-state index >= 15 is 0 Å². The first kappa shape index (κ1) is 14.3. The van der Waals surface area contributed by atoms with Gasteiger partial charge in [0.2, 0.25) is 0 Å². The second-order valence-corrected chi connectivity index (χ2v) is 5.08. The number of β-amino-alcohol motifs (C(OH)–C–C–N with tert-alkyl or cyclic N) is 1. The Labute approximate surface area is 117 Å². The molecule has 1 aromatic rings. The topological polar surface area (TPSA) is 81.1 Å². The van der Waals surface area contributed by atoms with Gasteiger partial charge in [0.1, 0.15) is 6.04 Å². The number of aliphatic carboxylic acids is 1. The Balaban J connectivity index is 2.20. The van der Waals surface area contributed by atoms with E-state index in [4.69, 9.17) is 5.11 Å². The van der Waals surface area contributed by atoms with E-state index in [1.807, 2.05) is 25.1 Å². The highest BCUT2D eigenvalue weighted by molar-refractivity contribution is 5.94. The molecule has 1 aliphatic rings. The van der Waals surface area contributed by atoms with Crippen molar-refractivity contribution in [1.82, 2.24) is 4.90 Å². The highest BCUT2D eigenvalue weighted by Gasteiger charge is 2.40. The summed E-state index contributed by atoms with van der Waals surface area (Å²) in [5, 5.41) is 18.7. The molecule has 0 radical (unpaired) electrons. The maximum atomic E-state index is 12.4. The number of likely N-dealkylation sites (tertiary alicyclic amines) is 1. The molecule has 0 aromatic heterocycles. The number of amides is 2. The van der Waals surface area contributed by atoms with E-state index in [1.54, 1.807) is 13.1 Å². The van der Waals surface area contributed by atoms with Gasteiger partial charge in [0.05, 0.1) is 6.10 Å². The van der Waals surface area contributed by atoms with Crippen molar-refractivity contribution in [2.45, 2.75) is 25.5 Å². The molecule has 1 saturated heterocycles. The molecule has 2 atom stereocenters. The first-order valence-electron chi connectivity index (χ1n) is 6.42. The molecule has 1 heterocycles. The van der Waals surface area contributed by atoms with Gasteiger partial charge in [-0.1, -0.05) is 12.1 Å². The monoisotopic (exact) mass is 278 g/mol. The van der Waals surface area contributed by atoms with Crippen molar-refractivity contribution in [3.63, 3.8) is 0 Å². The summed E-state index contributed by atoms with van der Waals surface area (Å²) in [6.07, 6.45) is -0.714. The molecular weight excluding hydrogens is 260 g/mol. The second-order valence-electron chi connectivity index (χ2n) is 5.08. The van der Waals surface area contributed by atoms with Gasteiger partial charge in [-0.15, -0.1) is 0 Å². The molecule has 108 valence electrons. The summed E-state index contributed by atoms with van der Waals surface area (Å²) in [4.78, 5) is 26.2. The molecule has 1 fully saturated rings. The van der Waals surface area contributed by atoms with Gasteiger partial charge in [0.15, 0.2) is 0 Å². The van der Waals surface area contributed by atoms with E-state index in [1.165, 1.54) is 9.80 Å². The lowest BCUT2D eigenvalue weighted by Crippen LogP contribution is -2.47. The molecule has 20 heavy (non-hydrogen) atoms. The fraction of sp³-hybridized carbons (Fsp3) is 0.429. The summed E-state index contributed by atoms with van der Waals surface area (Å²) in [6, 6.07) is 6.00. The fourth-order valence-corrected chi connectivity index (χ4v) is 2.40. The van der Waals surface area contributed by atoms with Crippen LogP contribution < -0.4 is 4.90 Å². The van der Waals surface area contributed by atoms with Gasteiger partial charge in [-0.25, -0.2) is 9.59 Å². The number of carboxylic acids is 1. The first-order chi connectivity index (χ1) is 9.40. The maximum Gasteiger partial charge on any atom is 0.326 e. The lowest BCUT2D eigenvalue weighted by molar-refractivity contribution is -0.141. The quantitative estimate of drug-likeness (QED) is 0.848. The number of carbonyl (C=O) groups is 2. The van der Waals surface area contributed by atoms with Crippen LogP contribution in [-0.4, -0.2) is 52.9 Å². The van der Waals surface area contributed by atoms with Crippen molar-refractivity contribution in [3.05, 3.63) is 29.8 Å². The van der Waals surface area contributed by atoms with Crippen molar-refractivity contribution in [2.75, 3.05) is 18.5 Å². The van der Waals surface area contributed by atoms with Crippen molar-refractivity contribution in [3.8, 4) is 0 Å². The summed E-state index contributed by atoms with van der Waals surface area (Å²) in [7, 11) is 1.60. The number of aryl methyl sites for hydroxylation is 1. The van der Waals surface area contributed by atoms with Crippen molar-refractivity contribution < 1.29 is 19.8 Å². The van der Waals surface area contributed by atoms with Gasteiger partial charge < -0.3 is 15.1 Å². The van der Waals surface area contributed by atoms with E-state index in [2.05, 4.69) is 0 Å². The minimum Gasteiger partial charge on any atom is -0.480 e. The van der Waals surface area contributed by atoms with E-state index in [0.29, 0.717) is 5.69 Å². The molecule has 1 aromatic carbocycles. The number of hydrogen-bond acceptors (Lipinski definition) is 3. The van der Waals surface area contributed by atoms with Crippen molar-refractivity contribution >= 4 is 17.7 Å². The smallest absolute Gasteiger partial charge is 0.326 e. The summed E-state index contributed by atoms with van der Waals surface area (Å²) < 4.78 is 0. The molecular formula is C14H18N2O4. The third-order valence-electron chi connectivity index (χ3n) is 3.49. The van der Waals surface area contributed by atoms with Crippen LogP contribution in [0.5, 0.6) is 0 Å². The molecule has 6 heteroatoms. The number of benzene rings is 1. The molecule has 6 nitrogen and oxygen atoms in total. The van der Waals surface area contributed by atoms with Crippen LogP contribution in [0.1, 0.15) is 12.0 Å².